The molecule has 120 valence electrons. The largest absolute Gasteiger partial charge is 0.367 e. The Morgan fingerprint density at radius 1 is 0.773 bits per heavy atom. The summed E-state index contributed by atoms with van der Waals surface area (Å²) in [5.74, 6) is 0. The summed E-state index contributed by atoms with van der Waals surface area (Å²) in [5, 5.41) is 30.2. The van der Waals surface area contributed by atoms with Crippen molar-refractivity contribution < 1.29 is 10.2 Å². The number of fused-ring (bicyclic) bond motifs is 2. The quantitative estimate of drug-likeness (QED) is 0.781. The van der Waals surface area contributed by atoms with E-state index in [4.69, 9.17) is 0 Å². The molecule has 2 aromatic rings. The summed E-state index contributed by atoms with van der Waals surface area (Å²) in [5.41, 5.74) is 2.69. The molecule has 1 aliphatic rings. The Kier molecular flexibility index (Phi) is 3.07. The van der Waals surface area contributed by atoms with E-state index in [1.54, 1.807) is 12.4 Å². The van der Waals surface area contributed by atoms with Crippen molar-refractivity contribution >= 4 is 0 Å². The van der Waals surface area contributed by atoms with E-state index in [1.807, 2.05) is 0 Å². The van der Waals surface area contributed by atoms with Crippen LogP contribution in [0.25, 0.3) is 0 Å². The second-order valence-corrected chi connectivity index (χ2v) is 8.02. The molecule has 0 amide bonds. The fourth-order valence-corrected chi connectivity index (χ4v) is 3.04. The fraction of sp³-hybridized carbons (Fsp3) is 0.625. The maximum absolute atomic E-state index is 10.8. The first-order chi connectivity index (χ1) is 10.0. The topological polar surface area (TPSA) is 76.1 Å². The Hall–Kier alpha value is -1.66. The molecule has 22 heavy (non-hydrogen) atoms. The summed E-state index contributed by atoms with van der Waals surface area (Å²) in [6.07, 6.45) is 1.58. The molecule has 6 nitrogen and oxygen atoms in total. The third kappa shape index (κ3) is 2.01. The second-order valence-electron chi connectivity index (χ2n) is 8.02. The molecule has 0 saturated carbocycles. The first-order valence-corrected chi connectivity index (χ1v) is 7.55. The molecule has 0 bridgehead atoms. The zero-order valence-electron chi connectivity index (χ0n) is 14.0. The van der Waals surface area contributed by atoms with Gasteiger partial charge in [-0.25, -0.2) is 9.36 Å². The Balaban J connectivity index is 2.21. The second kappa shape index (κ2) is 4.43. The number of nitrogens with zero attached hydrogens (tertiary/aromatic N) is 4. The van der Waals surface area contributed by atoms with Crippen molar-refractivity contribution in [1.29, 1.82) is 0 Å². The maximum Gasteiger partial charge on any atom is 0.190 e. The van der Waals surface area contributed by atoms with Crippen molar-refractivity contribution in [2.75, 3.05) is 0 Å². The van der Waals surface area contributed by atoms with Crippen LogP contribution in [0.15, 0.2) is 12.4 Å². The molecular formula is C16H24N4O2. The van der Waals surface area contributed by atoms with Gasteiger partial charge in [0.2, 0.25) is 0 Å². The molecule has 6 heteroatoms. The van der Waals surface area contributed by atoms with Crippen LogP contribution in [0.3, 0.4) is 0 Å². The number of rotatable bonds is 0. The third-order valence-electron chi connectivity index (χ3n) is 4.24. The molecular weight excluding hydrogens is 280 g/mol. The molecule has 0 saturated heterocycles. The van der Waals surface area contributed by atoms with Crippen LogP contribution in [0.1, 0.15) is 76.5 Å². The first-order valence-electron chi connectivity index (χ1n) is 7.55. The Bertz CT molecular complexity index is 653. The summed E-state index contributed by atoms with van der Waals surface area (Å²) in [6, 6.07) is 0. The van der Waals surface area contributed by atoms with Crippen molar-refractivity contribution in [3.8, 4) is 0 Å². The molecule has 3 rings (SSSR count). The number of aliphatic hydroxyl groups is 2. The highest BCUT2D eigenvalue weighted by molar-refractivity contribution is 5.36. The van der Waals surface area contributed by atoms with Crippen LogP contribution in [0.5, 0.6) is 0 Å². The molecule has 0 aromatic carbocycles. The van der Waals surface area contributed by atoms with E-state index < -0.39 is 12.5 Å². The van der Waals surface area contributed by atoms with Crippen LogP contribution in [0, 0.1) is 0 Å². The molecule has 1 aliphatic heterocycles. The number of hydrogen-bond acceptors (Lipinski definition) is 4. The predicted molar refractivity (Wildman–Crippen MR) is 82.6 cm³/mol. The van der Waals surface area contributed by atoms with E-state index in [0.717, 1.165) is 11.1 Å². The van der Waals surface area contributed by atoms with Gasteiger partial charge in [-0.2, -0.15) is 10.2 Å². The van der Waals surface area contributed by atoms with Gasteiger partial charge in [0, 0.05) is 11.1 Å². The molecule has 2 aromatic heterocycles. The molecule has 3 heterocycles. The SMILES string of the molecule is CC(C)(C)c1cnn2c1[C@@H](O)n1ncc(C(C)(C)C)c1[C@H]2O. The van der Waals surface area contributed by atoms with Gasteiger partial charge in [0.15, 0.2) is 12.5 Å². The highest BCUT2D eigenvalue weighted by Crippen LogP contribution is 2.40. The van der Waals surface area contributed by atoms with E-state index in [1.165, 1.54) is 9.36 Å². The summed E-state index contributed by atoms with van der Waals surface area (Å²) >= 11 is 0. The third-order valence-corrected chi connectivity index (χ3v) is 4.24. The van der Waals surface area contributed by atoms with Crippen molar-refractivity contribution in [2.24, 2.45) is 0 Å². The zero-order chi connectivity index (χ0) is 16.4. The van der Waals surface area contributed by atoms with Gasteiger partial charge in [0.05, 0.1) is 23.8 Å². The zero-order valence-corrected chi connectivity index (χ0v) is 14.0. The summed E-state index contributed by atoms with van der Waals surface area (Å²) in [6.45, 7) is 12.4. The smallest absolute Gasteiger partial charge is 0.190 e. The van der Waals surface area contributed by atoms with E-state index in [0.29, 0.717) is 11.4 Å². The van der Waals surface area contributed by atoms with E-state index in [9.17, 15) is 10.2 Å². The Morgan fingerprint density at radius 2 is 1.09 bits per heavy atom. The van der Waals surface area contributed by atoms with Gasteiger partial charge in [0.25, 0.3) is 0 Å². The van der Waals surface area contributed by atoms with Gasteiger partial charge in [-0.05, 0) is 10.8 Å². The lowest BCUT2D eigenvalue weighted by molar-refractivity contribution is 0.0401. The average molecular weight is 304 g/mol. The minimum atomic E-state index is -0.939. The summed E-state index contributed by atoms with van der Waals surface area (Å²) < 4.78 is 3.02. The van der Waals surface area contributed by atoms with E-state index in [2.05, 4.69) is 51.7 Å². The van der Waals surface area contributed by atoms with Crippen molar-refractivity contribution in [3.05, 3.63) is 34.9 Å². The van der Waals surface area contributed by atoms with E-state index in [-0.39, 0.29) is 10.8 Å². The van der Waals surface area contributed by atoms with Gasteiger partial charge in [0.1, 0.15) is 0 Å². The number of aromatic nitrogens is 4. The Morgan fingerprint density at radius 3 is 1.36 bits per heavy atom. The maximum atomic E-state index is 10.8. The highest BCUT2D eigenvalue weighted by Gasteiger charge is 2.39. The van der Waals surface area contributed by atoms with Crippen LogP contribution in [-0.2, 0) is 10.8 Å². The van der Waals surface area contributed by atoms with Gasteiger partial charge in [-0.3, -0.25) is 0 Å². The highest BCUT2D eigenvalue weighted by atomic mass is 16.3. The number of hydrogen-bond donors (Lipinski definition) is 2. The molecule has 0 spiro atoms. The minimum Gasteiger partial charge on any atom is -0.367 e. The molecule has 2 atom stereocenters. The summed E-state index contributed by atoms with van der Waals surface area (Å²) in [7, 11) is 0. The fourth-order valence-electron chi connectivity index (χ4n) is 3.04. The lowest BCUT2D eigenvalue weighted by atomic mass is 9.85. The van der Waals surface area contributed by atoms with Crippen LogP contribution >= 0.6 is 0 Å². The van der Waals surface area contributed by atoms with Crippen molar-refractivity contribution in [2.45, 2.75) is 64.8 Å². The minimum absolute atomic E-state index is 0.175. The normalized spacial score (nSPS) is 21.6. The molecule has 0 aliphatic carbocycles. The van der Waals surface area contributed by atoms with Gasteiger partial charge in [-0.15, -0.1) is 0 Å². The molecule has 0 unspecified atom stereocenters. The average Bonchev–Trinajstić information content (AvgIpc) is 2.98. The van der Waals surface area contributed by atoms with Gasteiger partial charge in [-0.1, -0.05) is 41.5 Å². The van der Waals surface area contributed by atoms with Crippen LogP contribution < -0.4 is 0 Å². The first kappa shape index (κ1) is 15.2. The summed E-state index contributed by atoms with van der Waals surface area (Å²) in [4.78, 5) is 0. The predicted octanol–water partition coefficient (Wildman–Crippen LogP) is 2.07. The van der Waals surface area contributed by atoms with Crippen LogP contribution in [0.2, 0.25) is 0 Å². The molecule has 0 radical (unpaired) electrons. The van der Waals surface area contributed by atoms with Gasteiger partial charge >= 0.3 is 0 Å². The lowest BCUT2D eigenvalue weighted by Crippen LogP contribution is -2.33. The van der Waals surface area contributed by atoms with Crippen LogP contribution in [-0.4, -0.2) is 29.8 Å². The van der Waals surface area contributed by atoms with E-state index >= 15 is 0 Å². The standard InChI is InChI=1S/C16H24N4O2/c1-15(2,3)9-7-17-19-11(9)13(21)20-12(14(19)22)10(8-18-20)16(4,5)6/h7-8,13-14,21-22H,1-6H3/t13-,14-/m1/s1. The lowest BCUT2D eigenvalue weighted by Gasteiger charge is -2.31. The number of aliphatic hydroxyl groups excluding tert-OH is 2. The van der Waals surface area contributed by atoms with Crippen LogP contribution in [0.4, 0.5) is 0 Å². The molecule has 0 fully saturated rings. The van der Waals surface area contributed by atoms with Gasteiger partial charge < -0.3 is 10.2 Å². The Labute approximate surface area is 130 Å². The van der Waals surface area contributed by atoms with Crippen molar-refractivity contribution in [1.82, 2.24) is 19.6 Å². The van der Waals surface area contributed by atoms with Crippen molar-refractivity contribution in [3.63, 3.8) is 0 Å². The monoisotopic (exact) mass is 304 g/mol. The molecule has 2 N–H and O–H groups in total.